The lowest BCUT2D eigenvalue weighted by atomic mass is 9.45. The molecule has 2 aliphatic heterocycles. The number of ether oxygens (including phenoxy) is 9. The van der Waals surface area contributed by atoms with Gasteiger partial charge in [-0.05, 0) is 51.0 Å². The van der Waals surface area contributed by atoms with Crippen LogP contribution < -0.4 is 0 Å². The standard InChI is InChI=1S/C43H49NO18/c1-21-16-17-29-28(15-12-18-44-29)39(52)55-19-40(7)30-31(60-38(51)27-13-10-9-11-14-27)35(58-25(5)48)42(20-54-22(2)45)36(59-26(6)49)32(56-23(3)46)34(61-37(21)50)41(8,53)43(42,62-40)33(30)57-24(4)47/h9-15,18,21,30-36,53H,16-17,19-20H2,1-8H3/t21?,30-,31+,32+,33-,34+,35-,36+,40+,41+,42-,43+/m1/s1. The van der Waals surface area contributed by atoms with E-state index >= 15 is 0 Å². The van der Waals surface area contributed by atoms with Crippen LogP contribution in [0.1, 0.15) is 88.2 Å². The van der Waals surface area contributed by atoms with Gasteiger partial charge in [-0.15, -0.1) is 0 Å². The Morgan fingerprint density at radius 3 is 1.97 bits per heavy atom. The summed E-state index contributed by atoms with van der Waals surface area (Å²) in [5.41, 5.74) is -10.1. The number of rotatable bonds is 8. The minimum Gasteiger partial charge on any atom is -0.465 e. The maximum absolute atomic E-state index is 14.3. The molecule has 2 saturated carbocycles. The van der Waals surface area contributed by atoms with Crippen LogP contribution in [0.4, 0.5) is 0 Å². The Morgan fingerprint density at radius 2 is 1.37 bits per heavy atom. The van der Waals surface area contributed by atoms with Crippen LogP contribution in [0, 0.1) is 17.3 Å². The molecule has 62 heavy (non-hydrogen) atoms. The summed E-state index contributed by atoms with van der Waals surface area (Å²) in [6.45, 7) is 7.12. The lowest BCUT2D eigenvalue weighted by molar-refractivity contribution is -0.386. The van der Waals surface area contributed by atoms with E-state index < -0.39 is 132 Å². The van der Waals surface area contributed by atoms with Crippen LogP contribution in [0.2, 0.25) is 0 Å². The molecule has 3 fully saturated rings. The van der Waals surface area contributed by atoms with Gasteiger partial charge in [0.05, 0.1) is 28.7 Å². The monoisotopic (exact) mass is 867 g/mol. The smallest absolute Gasteiger partial charge is 0.340 e. The van der Waals surface area contributed by atoms with Gasteiger partial charge in [-0.1, -0.05) is 25.1 Å². The van der Waals surface area contributed by atoms with Gasteiger partial charge in [0, 0.05) is 40.8 Å². The van der Waals surface area contributed by atoms with E-state index in [0.29, 0.717) is 0 Å². The van der Waals surface area contributed by atoms with Crippen molar-refractivity contribution in [3.05, 3.63) is 65.5 Å². The molecule has 1 spiro atoms. The number of nitrogens with zero attached hydrogens (tertiary/aromatic N) is 1. The largest absolute Gasteiger partial charge is 0.465 e. The third-order valence-corrected chi connectivity index (χ3v) is 12.1. The summed E-state index contributed by atoms with van der Waals surface area (Å²) in [6.07, 6.45) is -10.6. The number of pyridine rings is 1. The molecule has 2 aromatic rings. The zero-order valence-corrected chi connectivity index (χ0v) is 35.4. The van der Waals surface area contributed by atoms with E-state index in [1.807, 2.05) is 0 Å². The third kappa shape index (κ3) is 7.76. The number of aromatic nitrogens is 1. The molecule has 0 amide bonds. The van der Waals surface area contributed by atoms with Gasteiger partial charge in [-0.2, -0.15) is 0 Å². The Labute approximate surface area is 355 Å². The molecule has 6 rings (SSSR count). The van der Waals surface area contributed by atoms with Crippen molar-refractivity contribution in [2.24, 2.45) is 17.3 Å². The second kappa shape index (κ2) is 17.1. The predicted molar refractivity (Wildman–Crippen MR) is 205 cm³/mol. The molecule has 1 aromatic carbocycles. The average molecular weight is 868 g/mol. The van der Waals surface area contributed by atoms with Crippen molar-refractivity contribution < 1.29 is 86.1 Å². The van der Waals surface area contributed by atoms with E-state index in [9.17, 15) is 43.5 Å². The van der Waals surface area contributed by atoms with Crippen LogP contribution in [-0.4, -0.2) is 124 Å². The van der Waals surface area contributed by atoms with E-state index in [-0.39, 0.29) is 29.7 Å². The second-order valence-corrected chi connectivity index (χ2v) is 16.4. The molecule has 1 unspecified atom stereocenters. The maximum Gasteiger partial charge on any atom is 0.340 e. The highest BCUT2D eigenvalue weighted by Crippen LogP contribution is 2.70. The average Bonchev–Trinajstić information content (AvgIpc) is 3.41. The van der Waals surface area contributed by atoms with Crippen molar-refractivity contribution in [2.75, 3.05) is 13.2 Å². The van der Waals surface area contributed by atoms with Gasteiger partial charge in [0.2, 0.25) is 0 Å². The summed E-state index contributed by atoms with van der Waals surface area (Å²) < 4.78 is 55.3. The normalized spacial score (nSPS) is 35.0. The van der Waals surface area contributed by atoms with Crippen molar-refractivity contribution >= 4 is 47.8 Å². The summed E-state index contributed by atoms with van der Waals surface area (Å²) in [5.74, 6) is -10.7. The van der Waals surface area contributed by atoms with Crippen LogP contribution in [-0.2, 0) is 77.8 Å². The van der Waals surface area contributed by atoms with E-state index in [1.54, 1.807) is 18.2 Å². The van der Waals surface area contributed by atoms with Crippen LogP contribution >= 0.6 is 0 Å². The molecule has 12 atom stereocenters. The molecule has 4 aliphatic rings. The topological polar surface area (TPSA) is 253 Å². The molecule has 1 saturated heterocycles. The summed E-state index contributed by atoms with van der Waals surface area (Å²) >= 11 is 0. The Bertz CT molecular complexity index is 2140. The maximum atomic E-state index is 14.3. The Hall–Kier alpha value is -5.95. The fourth-order valence-corrected chi connectivity index (χ4v) is 9.73. The van der Waals surface area contributed by atoms with E-state index in [4.69, 9.17) is 42.6 Å². The first-order valence-corrected chi connectivity index (χ1v) is 19.9. The quantitative estimate of drug-likeness (QED) is 0.295. The first-order valence-electron chi connectivity index (χ1n) is 19.9. The van der Waals surface area contributed by atoms with Crippen molar-refractivity contribution in [3.63, 3.8) is 0 Å². The molecule has 1 aromatic heterocycles. The lowest BCUT2D eigenvalue weighted by Crippen LogP contribution is -2.89. The number of benzene rings is 1. The zero-order valence-electron chi connectivity index (χ0n) is 35.4. The van der Waals surface area contributed by atoms with Crippen molar-refractivity contribution in [2.45, 2.75) is 122 Å². The highest BCUT2D eigenvalue weighted by atomic mass is 16.7. The third-order valence-electron chi connectivity index (χ3n) is 12.1. The zero-order chi connectivity index (χ0) is 45.5. The number of carbonyl (C=O) groups excluding carboxylic acids is 8. The Kier molecular flexibility index (Phi) is 12.6. The molecule has 0 radical (unpaired) electrons. The van der Waals surface area contributed by atoms with Gasteiger partial charge in [0.25, 0.3) is 0 Å². The van der Waals surface area contributed by atoms with E-state index in [1.165, 1.54) is 44.3 Å². The van der Waals surface area contributed by atoms with Crippen LogP contribution in [0.15, 0.2) is 48.7 Å². The predicted octanol–water partition coefficient (Wildman–Crippen LogP) is 2.16. The number of carbonyl (C=O) groups is 8. The molecular weight excluding hydrogens is 818 g/mol. The molecule has 19 heteroatoms. The van der Waals surface area contributed by atoms with Gasteiger partial charge in [0.1, 0.15) is 42.0 Å². The minimum atomic E-state index is -2.84. The molecule has 3 heterocycles. The Morgan fingerprint density at radius 1 is 0.774 bits per heavy atom. The molecule has 19 nitrogen and oxygen atoms in total. The molecule has 2 aliphatic carbocycles. The van der Waals surface area contributed by atoms with Gasteiger partial charge in [-0.25, -0.2) is 9.59 Å². The highest BCUT2D eigenvalue weighted by Gasteiger charge is 2.92. The van der Waals surface area contributed by atoms with Gasteiger partial charge in [-0.3, -0.25) is 33.8 Å². The fourth-order valence-electron chi connectivity index (χ4n) is 9.73. The van der Waals surface area contributed by atoms with Crippen molar-refractivity contribution in [1.82, 2.24) is 4.98 Å². The van der Waals surface area contributed by atoms with Crippen molar-refractivity contribution in [3.8, 4) is 0 Å². The highest BCUT2D eigenvalue weighted by molar-refractivity contribution is 5.91. The van der Waals surface area contributed by atoms with Crippen LogP contribution in [0.5, 0.6) is 0 Å². The lowest BCUT2D eigenvalue weighted by Gasteiger charge is -2.67. The first-order chi connectivity index (χ1) is 29.1. The van der Waals surface area contributed by atoms with E-state index in [0.717, 1.165) is 41.5 Å². The summed E-state index contributed by atoms with van der Waals surface area (Å²) in [7, 11) is 0. The van der Waals surface area contributed by atoms with E-state index in [2.05, 4.69) is 4.98 Å². The van der Waals surface area contributed by atoms with Gasteiger partial charge < -0.3 is 47.7 Å². The molecular formula is C43H49NO18. The number of hydrogen-bond acceptors (Lipinski definition) is 19. The molecule has 334 valence electrons. The SMILES string of the molecule is CC(=O)OC[C@]12[C@H](OC(C)=O)[C@@H](OC(=O)c3ccccc3)[C@@H]3[C@@H](OC(C)=O)[C@@]14O[C@@]3(C)COC(=O)c1cccnc1CCC(C)C(=O)O[C@@H]([C@H](OC(C)=O)[C@@H]2OC(C)=O)[C@]4(C)O. The second-order valence-electron chi connectivity index (χ2n) is 16.4. The number of fused-ring (bicyclic) bond motifs is 5. The van der Waals surface area contributed by atoms with Gasteiger partial charge in [0.15, 0.2) is 30.0 Å². The summed E-state index contributed by atoms with van der Waals surface area (Å²) in [6, 6.07) is 10.5. The molecule has 4 bridgehead atoms. The Balaban J connectivity index is 1.78. The van der Waals surface area contributed by atoms with Gasteiger partial charge >= 0.3 is 47.8 Å². The van der Waals surface area contributed by atoms with Crippen LogP contribution in [0.3, 0.4) is 0 Å². The minimum absolute atomic E-state index is 0.0133. The summed E-state index contributed by atoms with van der Waals surface area (Å²) in [4.78, 5) is 113. The number of aliphatic hydroxyl groups is 1. The van der Waals surface area contributed by atoms with Crippen molar-refractivity contribution in [1.29, 1.82) is 0 Å². The molecule has 1 N–H and O–H groups in total. The number of hydrogen-bond donors (Lipinski definition) is 1. The van der Waals surface area contributed by atoms with Crippen LogP contribution in [0.25, 0.3) is 0 Å². The fraction of sp³-hybridized carbons (Fsp3) is 0.558. The number of aryl methyl sites for hydroxylation is 1. The first kappa shape index (κ1) is 45.6. The number of cyclic esters (lactones) is 1. The summed E-state index contributed by atoms with van der Waals surface area (Å²) in [5, 5.41) is 13.5. The number of esters is 8.